The molecule has 0 unspecified atom stereocenters. The van der Waals surface area contributed by atoms with Crippen molar-refractivity contribution >= 4 is 23.0 Å². The molecular formula is C20H24N2O2S. The molecule has 0 radical (unpaired) electrons. The number of ether oxygens (including phenoxy) is 2. The maximum absolute atomic E-state index is 5.75. The number of anilines is 1. The lowest BCUT2D eigenvalue weighted by atomic mass is 10.2. The van der Waals surface area contributed by atoms with Gasteiger partial charge in [0.15, 0.2) is 5.11 Å². The van der Waals surface area contributed by atoms with Crippen molar-refractivity contribution in [3.63, 3.8) is 0 Å². The lowest BCUT2D eigenvalue weighted by Gasteiger charge is -2.18. The minimum Gasteiger partial charge on any atom is -0.491 e. The van der Waals surface area contributed by atoms with Gasteiger partial charge in [-0.25, -0.2) is 0 Å². The van der Waals surface area contributed by atoms with Crippen LogP contribution < -0.4 is 20.1 Å². The molecule has 0 bridgehead atoms. The fraction of sp³-hybridized carbons (Fsp3) is 0.250. The van der Waals surface area contributed by atoms with Gasteiger partial charge in [-0.05, 0) is 62.5 Å². The van der Waals surface area contributed by atoms with Crippen LogP contribution in [0.5, 0.6) is 11.5 Å². The fourth-order valence-electron chi connectivity index (χ4n) is 2.08. The molecule has 0 heterocycles. The van der Waals surface area contributed by atoms with E-state index in [-0.39, 0.29) is 6.04 Å². The van der Waals surface area contributed by atoms with Gasteiger partial charge in [-0.1, -0.05) is 30.4 Å². The largest absolute Gasteiger partial charge is 0.491 e. The molecule has 1 atom stereocenters. The van der Waals surface area contributed by atoms with Crippen molar-refractivity contribution in [1.29, 1.82) is 0 Å². The van der Waals surface area contributed by atoms with Gasteiger partial charge >= 0.3 is 0 Å². The third kappa shape index (κ3) is 6.85. The van der Waals surface area contributed by atoms with Crippen molar-refractivity contribution in [2.24, 2.45) is 0 Å². The normalized spacial score (nSPS) is 11.3. The summed E-state index contributed by atoms with van der Waals surface area (Å²) in [6.07, 6.45) is 1.71. The number of rotatable bonds is 8. The van der Waals surface area contributed by atoms with Crippen LogP contribution in [0.4, 0.5) is 5.69 Å². The summed E-state index contributed by atoms with van der Waals surface area (Å²) < 4.78 is 11.2. The average Bonchev–Trinajstić information content (AvgIpc) is 2.60. The van der Waals surface area contributed by atoms with E-state index in [0.29, 0.717) is 18.3 Å². The molecular weight excluding hydrogens is 332 g/mol. The molecule has 2 aromatic rings. The number of aryl methyl sites for hydroxylation is 1. The van der Waals surface area contributed by atoms with Gasteiger partial charge in [0, 0.05) is 5.69 Å². The summed E-state index contributed by atoms with van der Waals surface area (Å²) in [5, 5.41) is 6.92. The standard InChI is InChI=1S/C20H24N2O2S/c1-4-13-23-18-11-7-17(8-12-18)22-20(25)21-16(3)14-24-19-9-5-15(2)6-10-19/h4-12,16H,1,13-14H2,2-3H3,(H2,21,22,25)/t16-/m1/s1. The number of thiocarbonyl (C=S) groups is 1. The van der Waals surface area contributed by atoms with E-state index in [9.17, 15) is 0 Å². The predicted molar refractivity (Wildman–Crippen MR) is 108 cm³/mol. The molecule has 132 valence electrons. The van der Waals surface area contributed by atoms with Crippen LogP contribution in [-0.2, 0) is 0 Å². The third-order valence-electron chi connectivity index (χ3n) is 3.38. The average molecular weight is 356 g/mol. The first-order chi connectivity index (χ1) is 12.1. The van der Waals surface area contributed by atoms with Gasteiger partial charge in [0.2, 0.25) is 0 Å². The van der Waals surface area contributed by atoms with E-state index >= 15 is 0 Å². The SMILES string of the molecule is C=CCOc1ccc(NC(=S)N[C@H](C)COc2ccc(C)cc2)cc1. The highest BCUT2D eigenvalue weighted by molar-refractivity contribution is 7.80. The Morgan fingerprint density at radius 1 is 1.08 bits per heavy atom. The van der Waals surface area contributed by atoms with Crippen LogP contribution in [0.1, 0.15) is 12.5 Å². The Balaban J connectivity index is 1.75. The first-order valence-electron chi connectivity index (χ1n) is 8.17. The van der Waals surface area contributed by atoms with Crippen LogP contribution in [0.2, 0.25) is 0 Å². The maximum atomic E-state index is 5.75. The Hall–Kier alpha value is -2.53. The van der Waals surface area contributed by atoms with Crippen molar-refractivity contribution < 1.29 is 9.47 Å². The first-order valence-corrected chi connectivity index (χ1v) is 8.58. The van der Waals surface area contributed by atoms with E-state index in [4.69, 9.17) is 21.7 Å². The van der Waals surface area contributed by atoms with Crippen molar-refractivity contribution in [1.82, 2.24) is 5.32 Å². The van der Waals surface area contributed by atoms with Gasteiger partial charge in [-0.3, -0.25) is 0 Å². The number of hydrogen-bond acceptors (Lipinski definition) is 3. The van der Waals surface area contributed by atoms with Crippen molar-refractivity contribution in [2.75, 3.05) is 18.5 Å². The van der Waals surface area contributed by atoms with E-state index < -0.39 is 0 Å². The van der Waals surface area contributed by atoms with Crippen molar-refractivity contribution in [3.8, 4) is 11.5 Å². The van der Waals surface area contributed by atoms with Gasteiger partial charge < -0.3 is 20.1 Å². The van der Waals surface area contributed by atoms with Crippen LogP contribution >= 0.6 is 12.2 Å². The Labute approximate surface area is 154 Å². The Bertz CT molecular complexity index is 684. The molecule has 0 spiro atoms. The lowest BCUT2D eigenvalue weighted by molar-refractivity contribution is 0.287. The summed E-state index contributed by atoms with van der Waals surface area (Å²) in [6, 6.07) is 15.7. The molecule has 2 aromatic carbocycles. The highest BCUT2D eigenvalue weighted by Crippen LogP contribution is 2.16. The van der Waals surface area contributed by atoms with Crippen molar-refractivity contribution in [2.45, 2.75) is 19.9 Å². The molecule has 0 aliphatic rings. The second kappa shape index (κ2) is 9.69. The molecule has 0 aliphatic heterocycles. The minimum absolute atomic E-state index is 0.0801. The summed E-state index contributed by atoms with van der Waals surface area (Å²) in [5.74, 6) is 1.65. The van der Waals surface area contributed by atoms with Gasteiger partial charge in [0.25, 0.3) is 0 Å². The van der Waals surface area contributed by atoms with E-state index in [1.54, 1.807) is 6.08 Å². The second-order valence-corrected chi connectivity index (χ2v) is 6.16. The molecule has 0 aliphatic carbocycles. The van der Waals surface area contributed by atoms with Gasteiger partial charge in [-0.2, -0.15) is 0 Å². The van der Waals surface area contributed by atoms with E-state index in [1.165, 1.54) is 5.56 Å². The fourth-order valence-corrected chi connectivity index (χ4v) is 2.40. The summed E-state index contributed by atoms with van der Waals surface area (Å²) in [5.41, 5.74) is 2.11. The van der Waals surface area contributed by atoms with Crippen LogP contribution in [0.15, 0.2) is 61.2 Å². The lowest BCUT2D eigenvalue weighted by Crippen LogP contribution is -2.39. The molecule has 0 amide bonds. The Kier molecular flexibility index (Phi) is 7.29. The third-order valence-corrected chi connectivity index (χ3v) is 3.60. The van der Waals surface area contributed by atoms with E-state index in [0.717, 1.165) is 17.2 Å². The summed E-state index contributed by atoms with van der Waals surface area (Å²) >= 11 is 5.34. The zero-order valence-corrected chi connectivity index (χ0v) is 15.4. The summed E-state index contributed by atoms with van der Waals surface area (Å²) in [4.78, 5) is 0. The molecule has 2 rings (SSSR count). The summed E-state index contributed by atoms with van der Waals surface area (Å²) in [6.45, 7) is 8.72. The van der Waals surface area contributed by atoms with Crippen LogP contribution in [0, 0.1) is 6.92 Å². The Morgan fingerprint density at radius 3 is 2.32 bits per heavy atom. The summed E-state index contributed by atoms with van der Waals surface area (Å²) in [7, 11) is 0. The molecule has 0 fully saturated rings. The molecule has 2 N–H and O–H groups in total. The molecule has 4 nitrogen and oxygen atoms in total. The quantitative estimate of drug-likeness (QED) is 0.545. The predicted octanol–water partition coefficient (Wildman–Crippen LogP) is 4.31. The molecule has 0 saturated heterocycles. The number of benzene rings is 2. The highest BCUT2D eigenvalue weighted by Gasteiger charge is 2.06. The smallest absolute Gasteiger partial charge is 0.171 e. The molecule has 0 aromatic heterocycles. The van der Waals surface area contributed by atoms with Crippen LogP contribution in [0.3, 0.4) is 0 Å². The van der Waals surface area contributed by atoms with Gasteiger partial charge in [-0.15, -0.1) is 0 Å². The first kappa shape index (κ1) is 18.8. The number of nitrogens with one attached hydrogen (secondary N) is 2. The molecule has 25 heavy (non-hydrogen) atoms. The van der Waals surface area contributed by atoms with Crippen LogP contribution in [-0.4, -0.2) is 24.4 Å². The molecule has 5 heteroatoms. The Morgan fingerprint density at radius 2 is 1.68 bits per heavy atom. The van der Waals surface area contributed by atoms with Gasteiger partial charge in [0.05, 0.1) is 6.04 Å². The second-order valence-electron chi connectivity index (χ2n) is 5.75. The van der Waals surface area contributed by atoms with E-state index in [2.05, 4.69) is 24.1 Å². The molecule has 0 saturated carbocycles. The maximum Gasteiger partial charge on any atom is 0.171 e. The minimum atomic E-state index is 0.0801. The monoisotopic (exact) mass is 356 g/mol. The highest BCUT2D eigenvalue weighted by atomic mass is 32.1. The zero-order valence-electron chi connectivity index (χ0n) is 14.6. The van der Waals surface area contributed by atoms with Crippen LogP contribution in [0.25, 0.3) is 0 Å². The number of hydrogen-bond donors (Lipinski definition) is 2. The van der Waals surface area contributed by atoms with Gasteiger partial charge in [0.1, 0.15) is 24.7 Å². The topological polar surface area (TPSA) is 42.5 Å². The zero-order chi connectivity index (χ0) is 18.1. The van der Waals surface area contributed by atoms with Crippen molar-refractivity contribution in [3.05, 3.63) is 66.7 Å². The van der Waals surface area contributed by atoms with E-state index in [1.807, 2.05) is 55.5 Å².